The van der Waals surface area contributed by atoms with Crippen molar-refractivity contribution in [2.24, 2.45) is 11.8 Å². The average molecular weight is 317 g/mol. The number of likely N-dealkylation sites (tertiary alicyclic amines) is 1. The molecular formula is C14H25ClN4O2. The molecule has 0 spiro atoms. The summed E-state index contributed by atoms with van der Waals surface area (Å²) in [7, 11) is 1.88. The maximum absolute atomic E-state index is 12.3. The summed E-state index contributed by atoms with van der Waals surface area (Å²) in [5.41, 5.74) is 0. The molecule has 0 bridgehead atoms. The predicted molar refractivity (Wildman–Crippen MR) is 82.4 cm³/mol. The van der Waals surface area contributed by atoms with Crippen molar-refractivity contribution in [3.8, 4) is 0 Å². The number of rotatable bonds is 5. The third kappa shape index (κ3) is 4.97. The zero-order valence-corrected chi connectivity index (χ0v) is 13.8. The third-order valence-corrected chi connectivity index (χ3v) is 3.80. The van der Waals surface area contributed by atoms with Gasteiger partial charge in [0.05, 0.1) is 0 Å². The Kier molecular flexibility index (Phi) is 7.11. The Bertz CT molecular complexity index is 452. The topological polar surface area (TPSA) is 71.3 Å². The molecule has 120 valence electrons. The number of nitrogens with zero attached hydrogens (tertiary/aromatic N) is 3. The minimum absolute atomic E-state index is 0. The molecule has 2 unspecified atom stereocenters. The number of hydrogen-bond acceptors (Lipinski definition) is 5. The van der Waals surface area contributed by atoms with Gasteiger partial charge in [-0.1, -0.05) is 12.1 Å². The largest absolute Gasteiger partial charge is 0.342 e. The molecule has 7 heteroatoms. The second kappa shape index (κ2) is 8.34. The van der Waals surface area contributed by atoms with Crippen molar-refractivity contribution in [2.75, 3.05) is 26.7 Å². The number of carbonyl (C=O) groups excluding carboxylic acids is 1. The van der Waals surface area contributed by atoms with E-state index in [0.29, 0.717) is 11.8 Å². The Morgan fingerprint density at radius 1 is 1.57 bits per heavy atom. The van der Waals surface area contributed by atoms with Crippen molar-refractivity contribution in [2.45, 2.75) is 33.1 Å². The summed E-state index contributed by atoms with van der Waals surface area (Å²) in [6, 6.07) is 0. The molecule has 0 saturated carbocycles. The quantitative estimate of drug-likeness (QED) is 0.890. The van der Waals surface area contributed by atoms with Crippen LogP contribution < -0.4 is 5.32 Å². The van der Waals surface area contributed by atoms with Crippen LogP contribution in [0.25, 0.3) is 0 Å². The molecule has 1 amide bonds. The third-order valence-electron chi connectivity index (χ3n) is 3.80. The van der Waals surface area contributed by atoms with Gasteiger partial charge in [-0.3, -0.25) is 4.79 Å². The van der Waals surface area contributed by atoms with Crippen LogP contribution in [0.15, 0.2) is 4.52 Å². The molecule has 21 heavy (non-hydrogen) atoms. The van der Waals surface area contributed by atoms with Gasteiger partial charge in [0.2, 0.25) is 11.8 Å². The summed E-state index contributed by atoms with van der Waals surface area (Å²) in [5.74, 6) is 2.07. The molecule has 1 aliphatic rings. The van der Waals surface area contributed by atoms with Gasteiger partial charge in [-0.2, -0.15) is 4.98 Å². The van der Waals surface area contributed by atoms with Gasteiger partial charge in [-0.25, -0.2) is 0 Å². The smallest absolute Gasteiger partial charge is 0.226 e. The normalized spacial score (nSPS) is 20.0. The van der Waals surface area contributed by atoms with E-state index < -0.39 is 0 Å². The SMILES string of the molecule is CNCC(C)C(=O)N1CCCC(Cc2noc(C)n2)C1.Cl. The van der Waals surface area contributed by atoms with Crippen LogP contribution in [-0.4, -0.2) is 47.6 Å². The minimum atomic E-state index is 0. The van der Waals surface area contributed by atoms with E-state index in [0.717, 1.165) is 44.7 Å². The lowest BCUT2D eigenvalue weighted by molar-refractivity contribution is -0.136. The number of piperidine rings is 1. The summed E-state index contributed by atoms with van der Waals surface area (Å²) in [4.78, 5) is 18.6. The number of hydrogen-bond donors (Lipinski definition) is 1. The zero-order valence-electron chi connectivity index (χ0n) is 13.0. The minimum Gasteiger partial charge on any atom is -0.342 e. The van der Waals surface area contributed by atoms with Crippen LogP contribution in [-0.2, 0) is 11.2 Å². The first-order chi connectivity index (χ1) is 9.60. The van der Waals surface area contributed by atoms with E-state index >= 15 is 0 Å². The fourth-order valence-electron chi connectivity index (χ4n) is 2.82. The second-order valence-corrected chi connectivity index (χ2v) is 5.68. The summed E-state index contributed by atoms with van der Waals surface area (Å²) in [6.07, 6.45) is 2.97. The first-order valence-corrected chi connectivity index (χ1v) is 7.32. The Hall–Kier alpha value is -1.14. The second-order valence-electron chi connectivity index (χ2n) is 5.68. The van der Waals surface area contributed by atoms with Gasteiger partial charge < -0.3 is 14.7 Å². The molecule has 2 rings (SSSR count). The van der Waals surface area contributed by atoms with Crippen molar-refractivity contribution in [3.05, 3.63) is 11.7 Å². The molecule has 0 aliphatic carbocycles. The average Bonchev–Trinajstić information content (AvgIpc) is 2.84. The fourth-order valence-corrected chi connectivity index (χ4v) is 2.82. The maximum Gasteiger partial charge on any atom is 0.226 e. The summed E-state index contributed by atoms with van der Waals surface area (Å²) < 4.78 is 5.00. The van der Waals surface area contributed by atoms with Crippen molar-refractivity contribution in [1.29, 1.82) is 0 Å². The van der Waals surface area contributed by atoms with Gasteiger partial charge in [-0.15, -0.1) is 12.4 Å². The van der Waals surface area contributed by atoms with Crippen LogP contribution >= 0.6 is 12.4 Å². The van der Waals surface area contributed by atoms with Crippen LogP contribution in [0.5, 0.6) is 0 Å². The molecule has 1 aliphatic heterocycles. The van der Waals surface area contributed by atoms with E-state index in [1.807, 2.05) is 18.9 Å². The van der Waals surface area contributed by atoms with E-state index in [9.17, 15) is 4.79 Å². The van der Waals surface area contributed by atoms with E-state index in [1.54, 1.807) is 6.92 Å². The van der Waals surface area contributed by atoms with Gasteiger partial charge in [-0.05, 0) is 25.8 Å². The van der Waals surface area contributed by atoms with Crippen LogP contribution in [0.4, 0.5) is 0 Å². The lowest BCUT2D eigenvalue weighted by Gasteiger charge is -2.34. The van der Waals surface area contributed by atoms with E-state index in [4.69, 9.17) is 4.52 Å². The Balaban J connectivity index is 0.00000220. The van der Waals surface area contributed by atoms with Gasteiger partial charge in [0.25, 0.3) is 0 Å². The molecular weight excluding hydrogens is 292 g/mol. The van der Waals surface area contributed by atoms with E-state index in [2.05, 4.69) is 15.5 Å². The molecule has 1 aromatic rings. The molecule has 6 nitrogen and oxygen atoms in total. The lowest BCUT2D eigenvalue weighted by Crippen LogP contribution is -2.44. The number of aromatic nitrogens is 2. The summed E-state index contributed by atoms with van der Waals surface area (Å²) in [5, 5.41) is 7.01. The maximum atomic E-state index is 12.3. The molecule has 1 saturated heterocycles. The first-order valence-electron chi connectivity index (χ1n) is 7.32. The van der Waals surface area contributed by atoms with Crippen molar-refractivity contribution >= 4 is 18.3 Å². The highest BCUT2D eigenvalue weighted by Crippen LogP contribution is 2.21. The molecule has 0 radical (unpaired) electrons. The monoisotopic (exact) mass is 316 g/mol. The number of amides is 1. The lowest BCUT2D eigenvalue weighted by atomic mass is 9.93. The van der Waals surface area contributed by atoms with Crippen molar-refractivity contribution in [3.63, 3.8) is 0 Å². The van der Waals surface area contributed by atoms with E-state index in [1.165, 1.54) is 0 Å². The summed E-state index contributed by atoms with van der Waals surface area (Å²) >= 11 is 0. The van der Waals surface area contributed by atoms with Gasteiger partial charge in [0.1, 0.15) is 0 Å². The molecule has 1 aromatic heterocycles. The van der Waals surface area contributed by atoms with Crippen molar-refractivity contribution < 1.29 is 9.32 Å². The van der Waals surface area contributed by atoms with E-state index in [-0.39, 0.29) is 24.2 Å². The number of halogens is 1. The Morgan fingerprint density at radius 2 is 2.33 bits per heavy atom. The predicted octanol–water partition coefficient (Wildman–Crippen LogP) is 1.44. The van der Waals surface area contributed by atoms with Crippen LogP contribution in [0.1, 0.15) is 31.5 Å². The van der Waals surface area contributed by atoms with Gasteiger partial charge in [0, 0.05) is 38.9 Å². The highest BCUT2D eigenvalue weighted by Gasteiger charge is 2.27. The van der Waals surface area contributed by atoms with Crippen molar-refractivity contribution in [1.82, 2.24) is 20.4 Å². The highest BCUT2D eigenvalue weighted by molar-refractivity contribution is 5.85. The van der Waals surface area contributed by atoms with Gasteiger partial charge >= 0.3 is 0 Å². The van der Waals surface area contributed by atoms with Gasteiger partial charge in [0.15, 0.2) is 5.82 Å². The Labute approximate surface area is 132 Å². The molecule has 2 atom stereocenters. The molecule has 1 N–H and O–H groups in total. The first kappa shape index (κ1) is 17.9. The highest BCUT2D eigenvalue weighted by atomic mass is 35.5. The molecule has 1 fully saturated rings. The number of carbonyl (C=O) groups is 1. The summed E-state index contributed by atoms with van der Waals surface area (Å²) in [6.45, 7) is 6.18. The Morgan fingerprint density at radius 3 is 2.95 bits per heavy atom. The van der Waals surface area contributed by atoms with Crippen LogP contribution in [0.2, 0.25) is 0 Å². The number of aryl methyl sites for hydroxylation is 1. The molecule has 0 aromatic carbocycles. The zero-order chi connectivity index (χ0) is 14.5. The fraction of sp³-hybridized carbons (Fsp3) is 0.786. The van der Waals surface area contributed by atoms with Crippen LogP contribution in [0, 0.1) is 18.8 Å². The number of nitrogens with one attached hydrogen (secondary N) is 1. The standard InChI is InChI=1S/C14H24N4O2.ClH/c1-10(8-15-3)14(19)18-6-4-5-12(9-18)7-13-16-11(2)20-17-13;/h10,12,15H,4-9H2,1-3H3;1H. The van der Waals surface area contributed by atoms with Crippen LogP contribution in [0.3, 0.4) is 0 Å². The molecule has 2 heterocycles.